The molecule has 3 heterocycles. The fraction of sp³-hybridized carbons (Fsp3) is 0.280. The molecule has 0 spiro atoms. The first kappa shape index (κ1) is 22.9. The van der Waals surface area contributed by atoms with Gasteiger partial charge in [-0.1, -0.05) is 12.1 Å². The number of amides is 2. The van der Waals surface area contributed by atoms with E-state index in [2.05, 4.69) is 15.3 Å². The molecule has 180 valence electrons. The lowest BCUT2D eigenvalue weighted by Crippen LogP contribution is -2.40. The largest absolute Gasteiger partial charge is 0.325 e. The first-order chi connectivity index (χ1) is 16.7. The first-order valence-corrected chi connectivity index (χ1v) is 11.0. The summed E-state index contributed by atoms with van der Waals surface area (Å²) in [6, 6.07) is 7.73. The van der Waals surface area contributed by atoms with Crippen molar-refractivity contribution in [3.63, 3.8) is 0 Å². The molecular formula is C25H20F4N4O2. The van der Waals surface area contributed by atoms with Gasteiger partial charge >= 0.3 is 0 Å². The van der Waals surface area contributed by atoms with Crippen molar-refractivity contribution in [3.8, 4) is 11.1 Å². The lowest BCUT2D eigenvalue weighted by molar-refractivity contribution is -0.122. The standard InChI is InChI=1S/C25H20F4N4O2/c1-13-22-17(8-15(26)10-31-22)18-11-30-20(25(29)6-7-25)9-19(18)33(24(13)35)12-21(34)32-16-4-2-14(3-5-16)23(27)28/h2-5,8-11,13,23H,6-7,12H2,1H3,(H,32,34)/t13-/m1/s1. The minimum absolute atomic E-state index is 0.137. The van der Waals surface area contributed by atoms with Crippen LogP contribution in [-0.4, -0.2) is 28.3 Å². The van der Waals surface area contributed by atoms with E-state index in [1.54, 1.807) is 6.92 Å². The normalized spacial score (nSPS) is 18.1. The molecule has 0 saturated heterocycles. The highest BCUT2D eigenvalue weighted by Crippen LogP contribution is 2.50. The summed E-state index contributed by atoms with van der Waals surface area (Å²) in [5.74, 6) is -2.50. The lowest BCUT2D eigenvalue weighted by Gasteiger charge is -2.25. The van der Waals surface area contributed by atoms with Crippen LogP contribution >= 0.6 is 0 Å². The Labute approximate surface area is 198 Å². The van der Waals surface area contributed by atoms with E-state index in [9.17, 15) is 27.2 Å². The zero-order valence-corrected chi connectivity index (χ0v) is 18.6. The average Bonchev–Trinajstić information content (AvgIpc) is 3.60. The number of rotatable bonds is 5. The van der Waals surface area contributed by atoms with Crippen molar-refractivity contribution in [1.82, 2.24) is 9.97 Å². The lowest BCUT2D eigenvalue weighted by atomic mass is 9.98. The van der Waals surface area contributed by atoms with Gasteiger partial charge < -0.3 is 10.2 Å². The average molecular weight is 484 g/mol. The van der Waals surface area contributed by atoms with Gasteiger partial charge in [0, 0.05) is 28.6 Å². The van der Waals surface area contributed by atoms with Crippen LogP contribution in [0.15, 0.2) is 48.8 Å². The van der Waals surface area contributed by atoms with Crippen LogP contribution in [0.3, 0.4) is 0 Å². The molecule has 0 bridgehead atoms. The smallest absolute Gasteiger partial charge is 0.263 e. The third-order valence-electron chi connectivity index (χ3n) is 6.29. The maximum absolute atomic E-state index is 14.8. The van der Waals surface area contributed by atoms with Gasteiger partial charge in [0.05, 0.1) is 29.2 Å². The van der Waals surface area contributed by atoms with Crippen LogP contribution in [0.5, 0.6) is 0 Å². The van der Waals surface area contributed by atoms with Crippen molar-refractivity contribution in [1.29, 1.82) is 0 Å². The second kappa shape index (κ2) is 8.44. The Kier molecular flexibility index (Phi) is 5.53. The monoisotopic (exact) mass is 484 g/mol. The predicted molar refractivity (Wildman–Crippen MR) is 120 cm³/mol. The molecule has 2 aromatic heterocycles. The van der Waals surface area contributed by atoms with Crippen LogP contribution in [0, 0.1) is 5.82 Å². The number of fused-ring (bicyclic) bond motifs is 3. The molecule has 3 aromatic rings. The molecule has 0 unspecified atom stereocenters. The topological polar surface area (TPSA) is 75.2 Å². The summed E-state index contributed by atoms with van der Waals surface area (Å²) in [6.07, 6.45) is 0.344. The maximum Gasteiger partial charge on any atom is 0.263 e. The zero-order chi connectivity index (χ0) is 24.9. The molecular weight excluding hydrogens is 464 g/mol. The van der Waals surface area contributed by atoms with Gasteiger partial charge in [-0.25, -0.2) is 17.6 Å². The number of carbonyl (C=O) groups is 2. The molecule has 1 saturated carbocycles. The SMILES string of the molecule is C[C@H]1C(=O)N(CC(=O)Nc2ccc(C(F)F)cc2)c2cc(C3(F)CC3)ncc2-c2cc(F)cnc21. The van der Waals surface area contributed by atoms with Crippen molar-refractivity contribution < 1.29 is 27.2 Å². The predicted octanol–water partition coefficient (Wildman–Crippen LogP) is 5.27. The zero-order valence-electron chi connectivity index (χ0n) is 18.6. The van der Waals surface area contributed by atoms with E-state index in [1.807, 2.05) is 0 Å². The van der Waals surface area contributed by atoms with Crippen molar-refractivity contribution in [2.75, 3.05) is 16.8 Å². The van der Waals surface area contributed by atoms with Crippen molar-refractivity contribution in [2.45, 2.75) is 37.8 Å². The van der Waals surface area contributed by atoms with Crippen LogP contribution < -0.4 is 10.2 Å². The number of hydrogen-bond acceptors (Lipinski definition) is 4. The van der Waals surface area contributed by atoms with E-state index in [4.69, 9.17) is 0 Å². The van der Waals surface area contributed by atoms with E-state index >= 15 is 0 Å². The molecule has 1 N–H and O–H groups in total. The van der Waals surface area contributed by atoms with Crippen molar-refractivity contribution >= 4 is 23.2 Å². The van der Waals surface area contributed by atoms with Crippen LogP contribution in [-0.2, 0) is 15.3 Å². The van der Waals surface area contributed by atoms with Gasteiger partial charge in [-0.3, -0.25) is 19.6 Å². The van der Waals surface area contributed by atoms with Gasteiger partial charge in [-0.05, 0) is 44.0 Å². The summed E-state index contributed by atoms with van der Waals surface area (Å²) in [6.45, 7) is 1.16. The van der Waals surface area contributed by atoms with Crippen molar-refractivity contribution in [3.05, 3.63) is 71.6 Å². The highest BCUT2D eigenvalue weighted by atomic mass is 19.3. The molecule has 10 heteroatoms. The number of aromatic nitrogens is 2. The van der Waals surface area contributed by atoms with Gasteiger partial charge in [-0.15, -0.1) is 0 Å². The summed E-state index contributed by atoms with van der Waals surface area (Å²) in [5.41, 5.74) is -0.133. The summed E-state index contributed by atoms with van der Waals surface area (Å²) >= 11 is 0. The van der Waals surface area contributed by atoms with E-state index < -0.39 is 42.2 Å². The van der Waals surface area contributed by atoms with E-state index in [-0.39, 0.29) is 22.6 Å². The highest BCUT2D eigenvalue weighted by Gasteiger charge is 2.47. The summed E-state index contributed by atoms with van der Waals surface area (Å²) in [7, 11) is 0. The molecule has 6 nitrogen and oxygen atoms in total. The number of anilines is 2. The maximum atomic E-state index is 14.8. The van der Waals surface area contributed by atoms with Crippen molar-refractivity contribution in [2.24, 2.45) is 0 Å². The molecule has 1 atom stereocenters. The number of nitrogens with one attached hydrogen (secondary N) is 1. The number of pyridine rings is 2. The Morgan fingerprint density at radius 1 is 1.14 bits per heavy atom. The van der Waals surface area contributed by atoms with Crippen LogP contribution in [0.1, 0.15) is 49.1 Å². The number of halogens is 4. The molecule has 1 aromatic carbocycles. The number of carbonyl (C=O) groups excluding carboxylic acids is 2. The Morgan fingerprint density at radius 2 is 1.86 bits per heavy atom. The van der Waals surface area contributed by atoms with Gasteiger partial charge in [0.15, 0.2) is 5.67 Å². The van der Waals surface area contributed by atoms with Crippen LogP contribution in [0.2, 0.25) is 0 Å². The number of alkyl halides is 3. The third kappa shape index (κ3) is 4.24. The second-order valence-corrected chi connectivity index (χ2v) is 8.76. The number of hydrogen-bond donors (Lipinski definition) is 1. The molecule has 5 rings (SSSR count). The summed E-state index contributed by atoms with van der Waals surface area (Å²) < 4.78 is 54.5. The quantitative estimate of drug-likeness (QED) is 0.501. The number of benzene rings is 1. The molecule has 1 aliphatic heterocycles. The molecule has 1 fully saturated rings. The van der Waals surface area contributed by atoms with E-state index in [0.29, 0.717) is 29.7 Å². The second-order valence-electron chi connectivity index (χ2n) is 8.76. The minimum Gasteiger partial charge on any atom is -0.325 e. The molecule has 35 heavy (non-hydrogen) atoms. The van der Waals surface area contributed by atoms with E-state index in [0.717, 1.165) is 6.20 Å². The molecule has 2 amide bonds. The molecule has 2 aliphatic rings. The van der Waals surface area contributed by atoms with Crippen LogP contribution in [0.4, 0.5) is 28.9 Å². The van der Waals surface area contributed by atoms with Gasteiger partial charge in [0.1, 0.15) is 12.4 Å². The Morgan fingerprint density at radius 3 is 2.51 bits per heavy atom. The highest BCUT2D eigenvalue weighted by molar-refractivity contribution is 6.09. The molecule has 0 radical (unpaired) electrons. The van der Waals surface area contributed by atoms with Gasteiger partial charge in [0.2, 0.25) is 11.8 Å². The fourth-order valence-electron chi connectivity index (χ4n) is 4.19. The Balaban J connectivity index is 1.52. The summed E-state index contributed by atoms with van der Waals surface area (Å²) in [5, 5.41) is 2.59. The summed E-state index contributed by atoms with van der Waals surface area (Å²) in [4.78, 5) is 35.9. The number of nitrogens with zero attached hydrogens (tertiary/aromatic N) is 3. The van der Waals surface area contributed by atoms with E-state index in [1.165, 1.54) is 47.5 Å². The Bertz CT molecular complexity index is 1330. The Hall–Kier alpha value is -3.82. The van der Waals surface area contributed by atoms with Gasteiger partial charge in [0.25, 0.3) is 6.43 Å². The van der Waals surface area contributed by atoms with Gasteiger partial charge in [-0.2, -0.15) is 0 Å². The van der Waals surface area contributed by atoms with Crippen LogP contribution in [0.25, 0.3) is 11.1 Å². The fourth-order valence-corrected chi connectivity index (χ4v) is 4.19. The third-order valence-corrected chi connectivity index (χ3v) is 6.29. The first-order valence-electron chi connectivity index (χ1n) is 11.0. The molecule has 1 aliphatic carbocycles. The minimum atomic E-state index is -2.64.